The Bertz CT molecular complexity index is 974. The van der Waals surface area contributed by atoms with E-state index in [1.165, 1.54) is 50.4 Å². The number of esters is 1. The van der Waals surface area contributed by atoms with E-state index in [9.17, 15) is 22.4 Å². The lowest BCUT2D eigenvalue weighted by Gasteiger charge is -2.09. The van der Waals surface area contributed by atoms with Gasteiger partial charge < -0.3 is 9.47 Å². The normalized spacial score (nSPS) is 11.1. The lowest BCUT2D eigenvalue weighted by molar-refractivity contribution is -0.144. The fourth-order valence-electron chi connectivity index (χ4n) is 2.29. The fourth-order valence-corrected chi connectivity index (χ4v) is 3.37. The van der Waals surface area contributed by atoms with Gasteiger partial charge in [-0.3, -0.25) is 9.59 Å². The molecule has 0 amide bonds. The number of carbonyl (C=O) groups is 2. The Morgan fingerprint density at radius 1 is 1.14 bits per heavy atom. The maximum atomic E-state index is 13.6. The number of ketones is 1. The minimum absolute atomic E-state index is 0.0673. The zero-order valence-electron chi connectivity index (χ0n) is 15.4. The number of sulfonamides is 1. The van der Waals surface area contributed by atoms with Gasteiger partial charge in [0.05, 0.1) is 18.4 Å². The largest absolute Gasteiger partial charge is 0.494 e. The lowest BCUT2D eigenvalue weighted by atomic mass is 10.2. The molecule has 0 aromatic heterocycles. The Kier molecular flexibility index (Phi) is 7.24. The second-order valence-corrected chi connectivity index (χ2v) is 7.63. The molecule has 0 atom stereocenters. The number of ether oxygens (including phenoxy) is 2. The van der Waals surface area contributed by atoms with Gasteiger partial charge in [-0.05, 0) is 36.8 Å². The van der Waals surface area contributed by atoms with E-state index in [2.05, 4.69) is 4.72 Å². The maximum Gasteiger partial charge on any atom is 0.307 e. The first kappa shape index (κ1) is 21.5. The van der Waals surface area contributed by atoms with Crippen LogP contribution in [0.3, 0.4) is 0 Å². The summed E-state index contributed by atoms with van der Waals surface area (Å²) in [5.74, 6) is -1.39. The van der Waals surface area contributed by atoms with Gasteiger partial charge in [0, 0.05) is 12.1 Å². The van der Waals surface area contributed by atoms with Crippen molar-refractivity contribution in [3.05, 3.63) is 59.4 Å². The molecular formula is C19H20FNO6S. The third-order valence-corrected chi connectivity index (χ3v) is 5.25. The van der Waals surface area contributed by atoms with Crippen LogP contribution in [-0.2, 0) is 26.2 Å². The molecule has 1 N–H and O–H groups in total. The summed E-state index contributed by atoms with van der Waals surface area (Å²) in [6.45, 7) is 1.01. The SMILES string of the molecule is COc1ccc(COC(=O)CCNS(=O)(=O)c2cccc(C(C)=O)c2)cc1F. The van der Waals surface area contributed by atoms with Gasteiger partial charge in [0.2, 0.25) is 10.0 Å². The standard InChI is InChI=1S/C19H20FNO6S/c1-13(22)15-4-3-5-16(11-15)28(24,25)21-9-8-19(23)27-12-14-6-7-18(26-2)17(20)10-14/h3-7,10-11,21H,8-9,12H2,1-2H3. The molecule has 28 heavy (non-hydrogen) atoms. The van der Waals surface area contributed by atoms with Gasteiger partial charge in [-0.1, -0.05) is 18.2 Å². The first-order valence-electron chi connectivity index (χ1n) is 8.31. The number of benzene rings is 2. The van der Waals surface area contributed by atoms with E-state index in [4.69, 9.17) is 9.47 Å². The summed E-state index contributed by atoms with van der Waals surface area (Å²) in [5, 5.41) is 0. The van der Waals surface area contributed by atoms with E-state index in [0.717, 1.165) is 0 Å². The number of hydrogen-bond donors (Lipinski definition) is 1. The van der Waals surface area contributed by atoms with Gasteiger partial charge in [-0.2, -0.15) is 0 Å². The molecule has 2 rings (SSSR count). The Labute approximate surface area is 162 Å². The highest BCUT2D eigenvalue weighted by atomic mass is 32.2. The monoisotopic (exact) mass is 409 g/mol. The van der Waals surface area contributed by atoms with E-state index in [0.29, 0.717) is 5.56 Å². The molecule has 0 heterocycles. The fraction of sp³-hybridized carbons (Fsp3) is 0.263. The third kappa shape index (κ3) is 5.86. The summed E-state index contributed by atoms with van der Waals surface area (Å²) in [6, 6.07) is 9.76. The molecule has 0 spiro atoms. The van der Waals surface area contributed by atoms with Gasteiger partial charge in [-0.25, -0.2) is 17.5 Å². The van der Waals surface area contributed by atoms with E-state index < -0.39 is 21.8 Å². The van der Waals surface area contributed by atoms with Crippen molar-refractivity contribution in [3.63, 3.8) is 0 Å². The molecule has 0 bridgehead atoms. The third-order valence-electron chi connectivity index (χ3n) is 3.79. The molecule has 0 aliphatic carbocycles. The minimum Gasteiger partial charge on any atom is -0.494 e. The smallest absolute Gasteiger partial charge is 0.307 e. The van der Waals surface area contributed by atoms with Crippen LogP contribution in [0.1, 0.15) is 29.3 Å². The van der Waals surface area contributed by atoms with E-state index in [1.807, 2.05) is 0 Å². The number of rotatable bonds is 9. The topological polar surface area (TPSA) is 98.8 Å². The summed E-state index contributed by atoms with van der Waals surface area (Å²) < 4.78 is 50.1. The summed E-state index contributed by atoms with van der Waals surface area (Å²) >= 11 is 0. The van der Waals surface area contributed by atoms with Gasteiger partial charge in [-0.15, -0.1) is 0 Å². The first-order valence-corrected chi connectivity index (χ1v) is 9.80. The number of halogens is 1. The summed E-state index contributed by atoms with van der Waals surface area (Å²) in [5.41, 5.74) is 0.710. The van der Waals surface area contributed by atoms with Crippen molar-refractivity contribution >= 4 is 21.8 Å². The Hall–Kier alpha value is -2.78. The molecular weight excluding hydrogens is 389 g/mol. The number of nitrogens with one attached hydrogen (secondary N) is 1. The highest BCUT2D eigenvalue weighted by Crippen LogP contribution is 2.18. The summed E-state index contributed by atoms with van der Waals surface area (Å²) in [6.07, 6.45) is -0.204. The first-order chi connectivity index (χ1) is 13.2. The summed E-state index contributed by atoms with van der Waals surface area (Å²) in [7, 11) is -2.52. The quantitative estimate of drug-likeness (QED) is 0.505. The van der Waals surface area contributed by atoms with Gasteiger partial charge >= 0.3 is 5.97 Å². The number of carbonyl (C=O) groups excluding carboxylic acids is 2. The second-order valence-electron chi connectivity index (χ2n) is 5.86. The predicted molar refractivity (Wildman–Crippen MR) is 99.0 cm³/mol. The molecule has 7 nitrogen and oxygen atoms in total. The highest BCUT2D eigenvalue weighted by molar-refractivity contribution is 7.89. The lowest BCUT2D eigenvalue weighted by Crippen LogP contribution is -2.27. The van der Waals surface area contributed by atoms with Crippen LogP contribution in [0.4, 0.5) is 4.39 Å². The Balaban J connectivity index is 1.85. The van der Waals surface area contributed by atoms with E-state index in [-0.39, 0.29) is 41.6 Å². The van der Waals surface area contributed by atoms with Crippen molar-refractivity contribution in [1.82, 2.24) is 4.72 Å². The van der Waals surface area contributed by atoms with Crippen molar-refractivity contribution < 1.29 is 31.9 Å². The van der Waals surface area contributed by atoms with Crippen LogP contribution < -0.4 is 9.46 Å². The molecule has 9 heteroatoms. The van der Waals surface area contributed by atoms with Crippen LogP contribution in [0.15, 0.2) is 47.4 Å². The number of hydrogen-bond acceptors (Lipinski definition) is 6. The van der Waals surface area contributed by atoms with Crippen LogP contribution >= 0.6 is 0 Å². The van der Waals surface area contributed by atoms with Crippen LogP contribution in [-0.4, -0.2) is 33.8 Å². The van der Waals surface area contributed by atoms with Crippen LogP contribution in [0.5, 0.6) is 5.75 Å². The zero-order chi connectivity index (χ0) is 20.7. The maximum absolute atomic E-state index is 13.6. The average molecular weight is 409 g/mol. The molecule has 0 aliphatic heterocycles. The van der Waals surface area contributed by atoms with E-state index in [1.54, 1.807) is 6.07 Å². The molecule has 0 saturated carbocycles. The van der Waals surface area contributed by atoms with Crippen LogP contribution in [0.25, 0.3) is 0 Å². The Morgan fingerprint density at radius 3 is 2.54 bits per heavy atom. The molecule has 0 unspecified atom stereocenters. The zero-order valence-corrected chi connectivity index (χ0v) is 16.2. The molecule has 2 aromatic carbocycles. The van der Waals surface area contributed by atoms with Crippen molar-refractivity contribution in [1.29, 1.82) is 0 Å². The van der Waals surface area contributed by atoms with Gasteiger partial charge in [0.15, 0.2) is 17.3 Å². The minimum atomic E-state index is -3.87. The van der Waals surface area contributed by atoms with Crippen LogP contribution in [0.2, 0.25) is 0 Å². The summed E-state index contributed by atoms with van der Waals surface area (Å²) in [4.78, 5) is 23.1. The van der Waals surface area contributed by atoms with E-state index >= 15 is 0 Å². The number of Topliss-reactive ketones (excluding diaryl/α,β-unsaturated/α-hetero) is 1. The molecule has 0 aliphatic rings. The molecule has 0 saturated heterocycles. The molecule has 0 radical (unpaired) electrons. The molecule has 0 fully saturated rings. The highest BCUT2D eigenvalue weighted by Gasteiger charge is 2.16. The van der Waals surface area contributed by atoms with Crippen molar-refractivity contribution in [3.8, 4) is 5.75 Å². The van der Waals surface area contributed by atoms with Crippen molar-refractivity contribution in [2.24, 2.45) is 0 Å². The van der Waals surface area contributed by atoms with Gasteiger partial charge in [0.1, 0.15) is 6.61 Å². The average Bonchev–Trinajstić information content (AvgIpc) is 2.66. The van der Waals surface area contributed by atoms with Crippen LogP contribution in [0, 0.1) is 5.82 Å². The predicted octanol–water partition coefficient (Wildman–Crippen LogP) is 2.45. The van der Waals surface area contributed by atoms with Crippen molar-refractivity contribution in [2.45, 2.75) is 24.8 Å². The molecule has 2 aromatic rings. The molecule has 150 valence electrons. The van der Waals surface area contributed by atoms with Crippen molar-refractivity contribution in [2.75, 3.05) is 13.7 Å². The van der Waals surface area contributed by atoms with Gasteiger partial charge in [0.25, 0.3) is 0 Å². The second kappa shape index (κ2) is 9.43. The Morgan fingerprint density at radius 2 is 1.89 bits per heavy atom. The number of methoxy groups -OCH3 is 1.